The first-order valence-corrected chi connectivity index (χ1v) is 11.6. The minimum atomic E-state index is -1.11. The molecule has 8 heteroatoms. The molecule has 1 aliphatic carbocycles. The van der Waals surface area contributed by atoms with E-state index in [4.69, 9.17) is 9.84 Å². The lowest BCUT2D eigenvalue weighted by molar-refractivity contribution is -0.134. The maximum Gasteiger partial charge on any atom is 0.409 e. The highest BCUT2D eigenvalue weighted by molar-refractivity contribution is 5.96. The molecule has 6 rings (SSSR count). The van der Waals surface area contributed by atoms with Crippen LogP contribution >= 0.6 is 0 Å². The van der Waals surface area contributed by atoms with Crippen LogP contribution < -0.4 is 5.32 Å². The van der Waals surface area contributed by atoms with Crippen molar-refractivity contribution < 1.29 is 24.2 Å². The number of ether oxygens (including phenoxy) is 1. The molecule has 0 radical (unpaired) electrons. The highest BCUT2D eigenvalue weighted by atomic mass is 16.6. The van der Waals surface area contributed by atoms with Gasteiger partial charge >= 0.3 is 12.1 Å². The molecule has 0 bridgehead atoms. The summed E-state index contributed by atoms with van der Waals surface area (Å²) in [5, 5.41) is 11.1. The number of anilines is 1. The van der Waals surface area contributed by atoms with Crippen LogP contribution in [0.25, 0.3) is 11.3 Å². The second-order valence-corrected chi connectivity index (χ2v) is 9.43. The molecule has 1 spiro atoms. The van der Waals surface area contributed by atoms with Gasteiger partial charge in [-0.15, -0.1) is 0 Å². The van der Waals surface area contributed by atoms with Crippen LogP contribution in [0.5, 0.6) is 0 Å². The Hall–Kier alpha value is -4.20. The van der Waals surface area contributed by atoms with Crippen molar-refractivity contribution in [3.8, 4) is 11.3 Å². The Morgan fingerprint density at radius 3 is 2.46 bits per heavy atom. The summed E-state index contributed by atoms with van der Waals surface area (Å²) in [4.78, 5) is 43.2. The van der Waals surface area contributed by atoms with Crippen LogP contribution in [-0.4, -0.2) is 46.0 Å². The number of amides is 2. The van der Waals surface area contributed by atoms with Gasteiger partial charge in [-0.2, -0.15) is 0 Å². The van der Waals surface area contributed by atoms with E-state index in [1.54, 1.807) is 36.5 Å². The molecule has 2 aromatic carbocycles. The van der Waals surface area contributed by atoms with E-state index < -0.39 is 17.1 Å². The summed E-state index contributed by atoms with van der Waals surface area (Å²) in [5.74, 6) is -0.254. The van der Waals surface area contributed by atoms with Gasteiger partial charge in [0, 0.05) is 36.0 Å². The van der Waals surface area contributed by atoms with Crippen LogP contribution in [0.4, 0.5) is 10.5 Å². The first kappa shape index (κ1) is 21.3. The lowest BCUT2D eigenvalue weighted by Crippen LogP contribution is -2.40. The molecule has 0 unspecified atom stereocenters. The SMILES string of the molecule is O=C(O)Nc1ccc(-c2ccc(C3(C(=O)N4CC[C@@]5(C4)OC(=O)c4ccccc45)CC3)cn2)cc1. The van der Waals surface area contributed by atoms with E-state index in [0.29, 0.717) is 30.8 Å². The Morgan fingerprint density at radius 2 is 1.77 bits per heavy atom. The molecule has 1 aromatic heterocycles. The van der Waals surface area contributed by atoms with Crippen molar-refractivity contribution in [3.05, 3.63) is 83.6 Å². The normalized spacial score (nSPS) is 21.5. The molecule has 3 aliphatic rings. The van der Waals surface area contributed by atoms with E-state index in [0.717, 1.165) is 35.2 Å². The van der Waals surface area contributed by atoms with Gasteiger partial charge in [0.2, 0.25) is 5.91 Å². The second kappa shape index (κ2) is 7.66. The van der Waals surface area contributed by atoms with Gasteiger partial charge in [-0.05, 0) is 42.7 Å². The number of aromatic nitrogens is 1. The summed E-state index contributed by atoms with van der Waals surface area (Å²) < 4.78 is 5.81. The average Bonchev–Trinajstić information content (AvgIpc) is 3.50. The van der Waals surface area contributed by atoms with Gasteiger partial charge in [-0.3, -0.25) is 15.1 Å². The third-order valence-electron chi connectivity index (χ3n) is 7.35. The van der Waals surface area contributed by atoms with Crippen molar-refractivity contribution in [2.24, 2.45) is 0 Å². The Kier molecular flexibility index (Phi) is 4.67. The van der Waals surface area contributed by atoms with Crippen LogP contribution in [0.2, 0.25) is 0 Å². The Bertz CT molecular complexity index is 1350. The molecule has 176 valence electrons. The molecule has 2 aliphatic heterocycles. The van der Waals surface area contributed by atoms with Gasteiger partial charge in [0.05, 0.1) is 23.2 Å². The van der Waals surface area contributed by atoms with E-state index in [-0.39, 0.29) is 11.9 Å². The lowest BCUT2D eigenvalue weighted by atomic mass is 9.91. The van der Waals surface area contributed by atoms with Gasteiger partial charge in [-0.1, -0.05) is 36.4 Å². The Morgan fingerprint density at radius 1 is 1.00 bits per heavy atom. The van der Waals surface area contributed by atoms with Gasteiger partial charge in [0.25, 0.3) is 0 Å². The number of hydrogen-bond donors (Lipinski definition) is 2. The number of carbonyl (C=O) groups excluding carboxylic acids is 2. The van der Waals surface area contributed by atoms with Gasteiger partial charge in [0.15, 0.2) is 5.60 Å². The molecule has 3 aromatic rings. The van der Waals surface area contributed by atoms with Crippen molar-refractivity contribution in [2.75, 3.05) is 18.4 Å². The number of fused-ring (bicyclic) bond motifs is 2. The summed E-state index contributed by atoms with van der Waals surface area (Å²) in [6.07, 6.45) is 2.78. The maximum absolute atomic E-state index is 13.6. The highest BCUT2D eigenvalue weighted by Crippen LogP contribution is 2.52. The standard InChI is InChI=1S/C27H23N3O5/c31-23-20-3-1-2-4-21(20)27(35-23)13-14-30(16-27)24(32)26(11-12-26)18-7-10-22(28-15-18)17-5-8-19(9-6-17)29-25(33)34/h1-10,15,29H,11-14,16H2,(H,33,34)/t27-/m0/s1. The lowest BCUT2D eigenvalue weighted by Gasteiger charge is -2.26. The zero-order valence-corrected chi connectivity index (χ0v) is 18.9. The summed E-state index contributed by atoms with van der Waals surface area (Å²) in [5.41, 5.74) is 3.12. The van der Waals surface area contributed by atoms with Crippen molar-refractivity contribution in [1.82, 2.24) is 9.88 Å². The predicted molar refractivity (Wildman–Crippen MR) is 127 cm³/mol. The fourth-order valence-corrected chi connectivity index (χ4v) is 5.35. The number of carboxylic acid groups (broad SMARTS) is 1. The maximum atomic E-state index is 13.6. The number of hydrogen-bond acceptors (Lipinski definition) is 5. The number of carbonyl (C=O) groups is 3. The summed E-state index contributed by atoms with van der Waals surface area (Å²) in [6.45, 7) is 0.920. The van der Waals surface area contributed by atoms with Gasteiger partial charge < -0.3 is 14.7 Å². The monoisotopic (exact) mass is 469 g/mol. The molecule has 1 saturated heterocycles. The molecule has 1 saturated carbocycles. The van der Waals surface area contributed by atoms with Crippen LogP contribution in [0.1, 0.15) is 40.7 Å². The van der Waals surface area contributed by atoms with Crippen molar-refractivity contribution in [2.45, 2.75) is 30.3 Å². The number of rotatable bonds is 4. The van der Waals surface area contributed by atoms with Gasteiger partial charge in [-0.25, -0.2) is 9.59 Å². The molecule has 2 fully saturated rings. The van der Waals surface area contributed by atoms with E-state index >= 15 is 0 Å². The van der Waals surface area contributed by atoms with E-state index in [1.165, 1.54) is 0 Å². The zero-order chi connectivity index (χ0) is 24.2. The molecule has 2 amide bonds. The molecule has 8 nitrogen and oxygen atoms in total. The van der Waals surface area contributed by atoms with Crippen molar-refractivity contribution in [3.63, 3.8) is 0 Å². The fraction of sp³-hybridized carbons (Fsp3) is 0.259. The molecular formula is C27H23N3O5. The van der Waals surface area contributed by atoms with E-state index in [9.17, 15) is 14.4 Å². The van der Waals surface area contributed by atoms with Gasteiger partial charge in [0.1, 0.15) is 0 Å². The average molecular weight is 469 g/mol. The summed E-state index contributed by atoms with van der Waals surface area (Å²) in [6, 6.07) is 18.2. The van der Waals surface area contributed by atoms with E-state index in [2.05, 4.69) is 10.3 Å². The van der Waals surface area contributed by atoms with Crippen LogP contribution in [0.15, 0.2) is 66.9 Å². The van der Waals surface area contributed by atoms with Crippen molar-refractivity contribution in [1.29, 1.82) is 0 Å². The first-order chi connectivity index (χ1) is 16.9. The van der Waals surface area contributed by atoms with E-state index in [1.807, 2.05) is 35.2 Å². The fourth-order valence-electron chi connectivity index (χ4n) is 5.35. The Balaban J connectivity index is 1.19. The smallest absolute Gasteiger partial charge is 0.409 e. The van der Waals surface area contributed by atoms with Crippen molar-refractivity contribution >= 4 is 23.7 Å². The number of nitrogens with one attached hydrogen (secondary N) is 1. The number of esters is 1. The molecule has 35 heavy (non-hydrogen) atoms. The number of benzene rings is 2. The molecular weight excluding hydrogens is 446 g/mol. The number of pyridine rings is 1. The summed E-state index contributed by atoms with van der Waals surface area (Å²) >= 11 is 0. The van der Waals surface area contributed by atoms with Crippen LogP contribution in [0, 0.1) is 0 Å². The predicted octanol–water partition coefficient (Wildman–Crippen LogP) is 4.17. The third kappa shape index (κ3) is 3.44. The quantitative estimate of drug-likeness (QED) is 0.555. The number of nitrogens with zero attached hydrogens (tertiary/aromatic N) is 2. The first-order valence-electron chi connectivity index (χ1n) is 11.6. The van der Waals surface area contributed by atoms with Crippen LogP contribution in [0.3, 0.4) is 0 Å². The molecule has 2 N–H and O–H groups in total. The Labute approximate surface area is 201 Å². The van der Waals surface area contributed by atoms with Crippen LogP contribution in [-0.2, 0) is 20.5 Å². The minimum Gasteiger partial charge on any atom is -0.465 e. The minimum absolute atomic E-state index is 0.0634. The second-order valence-electron chi connectivity index (χ2n) is 9.43. The zero-order valence-electron chi connectivity index (χ0n) is 18.9. The molecule has 1 atom stereocenters. The number of likely N-dealkylation sites (tertiary alicyclic amines) is 1. The highest BCUT2D eigenvalue weighted by Gasteiger charge is 2.57. The summed E-state index contributed by atoms with van der Waals surface area (Å²) in [7, 11) is 0. The topological polar surface area (TPSA) is 109 Å². The molecule has 3 heterocycles. The third-order valence-corrected chi connectivity index (χ3v) is 7.35. The largest absolute Gasteiger partial charge is 0.465 e.